The Kier molecular flexibility index (Phi) is 3.46. The van der Waals surface area contributed by atoms with Crippen molar-refractivity contribution >= 4 is 28.2 Å². The van der Waals surface area contributed by atoms with E-state index in [1.54, 1.807) is 46.7 Å². The molecule has 0 aliphatic carbocycles. The number of amides is 1. The SMILES string of the molecule is O=C(c1cc(=O)c2ccccc2o1)N1CCC[C@H]1c1nccs1. The fraction of sp³-hybridized carbons (Fsp3) is 0.235. The van der Waals surface area contributed by atoms with Crippen LogP contribution in [0.2, 0.25) is 0 Å². The third kappa shape index (κ3) is 2.45. The van der Waals surface area contributed by atoms with Crippen LogP contribution in [0.5, 0.6) is 0 Å². The molecular formula is C17H14N2O3S. The Morgan fingerprint density at radius 3 is 3.04 bits per heavy atom. The highest BCUT2D eigenvalue weighted by molar-refractivity contribution is 7.09. The van der Waals surface area contributed by atoms with Crippen molar-refractivity contribution in [1.82, 2.24) is 9.88 Å². The molecule has 1 fully saturated rings. The lowest BCUT2D eigenvalue weighted by atomic mass is 10.2. The molecule has 1 aliphatic rings. The van der Waals surface area contributed by atoms with Gasteiger partial charge in [-0.3, -0.25) is 9.59 Å². The Morgan fingerprint density at radius 1 is 1.35 bits per heavy atom. The highest BCUT2D eigenvalue weighted by Crippen LogP contribution is 2.34. The lowest BCUT2D eigenvalue weighted by Gasteiger charge is -2.22. The maximum absolute atomic E-state index is 12.8. The van der Waals surface area contributed by atoms with Gasteiger partial charge in [-0.2, -0.15) is 0 Å². The predicted octanol–water partition coefficient (Wildman–Crippen LogP) is 3.23. The minimum absolute atomic E-state index is 0.0285. The number of carbonyl (C=O) groups excluding carboxylic acids is 1. The molecule has 1 amide bonds. The van der Waals surface area contributed by atoms with E-state index < -0.39 is 0 Å². The molecule has 0 N–H and O–H groups in total. The van der Waals surface area contributed by atoms with Crippen LogP contribution < -0.4 is 5.43 Å². The van der Waals surface area contributed by atoms with Gasteiger partial charge in [0.05, 0.1) is 11.4 Å². The summed E-state index contributed by atoms with van der Waals surface area (Å²) in [4.78, 5) is 31.1. The Morgan fingerprint density at radius 2 is 2.22 bits per heavy atom. The molecule has 2 aromatic heterocycles. The highest BCUT2D eigenvalue weighted by Gasteiger charge is 2.33. The maximum Gasteiger partial charge on any atom is 0.290 e. The zero-order valence-electron chi connectivity index (χ0n) is 12.3. The third-order valence-corrected chi connectivity index (χ3v) is 4.97. The van der Waals surface area contributed by atoms with Gasteiger partial charge in [0.25, 0.3) is 5.91 Å². The summed E-state index contributed by atoms with van der Waals surface area (Å²) >= 11 is 1.54. The minimum atomic E-state index is -0.245. The van der Waals surface area contributed by atoms with Crippen molar-refractivity contribution in [2.24, 2.45) is 0 Å². The number of hydrogen-bond acceptors (Lipinski definition) is 5. The molecule has 5 nitrogen and oxygen atoms in total. The lowest BCUT2D eigenvalue weighted by Crippen LogP contribution is -2.31. The molecule has 0 unspecified atom stereocenters. The molecule has 0 radical (unpaired) electrons. The highest BCUT2D eigenvalue weighted by atomic mass is 32.1. The number of thiazole rings is 1. The molecule has 4 rings (SSSR count). The summed E-state index contributed by atoms with van der Waals surface area (Å²) in [6.45, 7) is 0.652. The van der Waals surface area contributed by atoms with Crippen molar-refractivity contribution in [2.75, 3.05) is 6.54 Å². The van der Waals surface area contributed by atoms with E-state index in [1.807, 2.05) is 5.38 Å². The van der Waals surface area contributed by atoms with E-state index in [0.29, 0.717) is 17.5 Å². The molecular weight excluding hydrogens is 312 g/mol. The van der Waals surface area contributed by atoms with Crippen molar-refractivity contribution in [3.05, 3.63) is 62.9 Å². The topological polar surface area (TPSA) is 63.4 Å². The quantitative estimate of drug-likeness (QED) is 0.725. The molecule has 3 heterocycles. The van der Waals surface area contributed by atoms with Crippen LogP contribution >= 0.6 is 11.3 Å². The number of aromatic nitrogens is 1. The number of hydrogen-bond donors (Lipinski definition) is 0. The van der Waals surface area contributed by atoms with Gasteiger partial charge in [-0.15, -0.1) is 11.3 Å². The van der Waals surface area contributed by atoms with Gasteiger partial charge in [0.1, 0.15) is 10.6 Å². The van der Waals surface area contributed by atoms with Crippen molar-refractivity contribution in [3.8, 4) is 0 Å². The summed E-state index contributed by atoms with van der Waals surface area (Å²) in [7, 11) is 0. The average Bonchev–Trinajstić information content (AvgIpc) is 3.25. The summed E-state index contributed by atoms with van der Waals surface area (Å²) in [5.41, 5.74) is 0.244. The van der Waals surface area contributed by atoms with Gasteiger partial charge in [-0.1, -0.05) is 12.1 Å². The van der Waals surface area contributed by atoms with E-state index in [9.17, 15) is 9.59 Å². The smallest absolute Gasteiger partial charge is 0.290 e. The van der Waals surface area contributed by atoms with Crippen molar-refractivity contribution in [3.63, 3.8) is 0 Å². The van der Waals surface area contributed by atoms with E-state index in [1.165, 1.54) is 6.07 Å². The molecule has 1 saturated heterocycles. The standard InChI is InChI=1S/C17H14N2O3S/c20-13-10-15(22-14-6-2-1-4-11(13)14)17(21)19-8-3-5-12(19)16-18-7-9-23-16/h1-2,4,6-7,9-10,12H,3,5,8H2/t12-/m0/s1. The number of rotatable bonds is 2. The zero-order chi connectivity index (χ0) is 15.8. The Hall–Kier alpha value is -2.47. The second kappa shape index (κ2) is 5.62. The van der Waals surface area contributed by atoms with Crippen molar-refractivity contribution < 1.29 is 9.21 Å². The third-order valence-electron chi connectivity index (χ3n) is 4.10. The van der Waals surface area contributed by atoms with Crippen LogP contribution in [0.4, 0.5) is 0 Å². The van der Waals surface area contributed by atoms with E-state index in [2.05, 4.69) is 4.98 Å². The first-order valence-corrected chi connectivity index (χ1v) is 8.35. The largest absolute Gasteiger partial charge is 0.451 e. The average molecular weight is 326 g/mol. The molecule has 1 aliphatic heterocycles. The number of para-hydroxylation sites is 1. The van der Waals surface area contributed by atoms with Crippen LogP contribution in [0.1, 0.15) is 34.4 Å². The van der Waals surface area contributed by atoms with Crippen LogP contribution in [-0.2, 0) is 0 Å². The van der Waals surface area contributed by atoms with Crippen LogP contribution in [0.15, 0.2) is 51.1 Å². The first kappa shape index (κ1) is 14.1. The molecule has 23 heavy (non-hydrogen) atoms. The molecule has 0 spiro atoms. The Labute approximate surface area is 136 Å². The maximum atomic E-state index is 12.8. The van der Waals surface area contributed by atoms with Gasteiger partial charge in [-0.25, -0.2) is 4.98 Å². The van der Waals surface area contributed by atoms with Gasteiger partial charge < -0.3 is 9.32 Å². The number of fused-ring (bicyclic) bond motifs is 1. The zero-order valence-corrected chi connectivity index (χ0v) is 13.1. The molecule has 0 bridgehead atoms. The Bertz CT molecular complexity index is 917. The van der Waals surface area contributed by atoms with E-state index in [4.69, 9.17) is 4.42 Å². The monoisotopic (exact) mass is 326 g/mol. The number of benzene rings is 1. The molecule has 1 aromatic carbocycles. The first-order chi connectivity index (χ1) is 11.2. The molecule has 6 heteroatoms. The number of nitrogens with zero attached hydrogens (tertiary/aromatic N) is 2. The van der Waals surface area contributed by atoms with Gasteiger partial charge in [0.2, 0.25) is 0 Å². The van der Waals surface area contributed by atoms with Crippen LogP contribution in [0.3, 0.4) is 0 Å². The van der Waals surface area contributed by atoms with Crippen molar-refractivity contribution in [2.45, 2.75) is 18.9 Å². The van der Waals surface area contributed by atoms with E-state index in [-0.39, 0.29) is 23.1 Å². The van der Waals surface area contributed by atoms with Gasteiger partial charge in [-0.05, 0) is 25.0 Å². The summed E-state index contributed by atoms with van der Waals surface area (Å²) in [5, 5.41) is 3.33. The lowest BCUT2D eigenvalue weighted by molar-refractivity contribution is 0.0703. The predicted molar refractivity (Wildman–Crippen MR) is 87.6 cm³/mol. The van der Waals surface area contributed by atoms with Crippen LogP contribution in [-0.4, -0.2) is 22.3 Å². The summed E-state index contributed by atoms with van der Waals surface area (Å²) < 4.78 is 5.67. The Balaban J connectivity index is 1.73. The van der Waals surface area contributed by atoms with E-state index in [0.717, 1.165) is 17.8 Å². The molecule has 116 valence electrons. The fourth-order valence-electron chi connectivity index (χ4n) is 3.02. The van der Waals surface area contributed by atoms with Gasteiger partial charge in [0, 0.05) is 24.2 Å². The minimum Gasteiger partial charge on any atom is -0.451 e. The van der Waals surface area contributed by atoms with Crippen molar-refractivity contribution in [1.29, 1.82) is 0 Å². The molecule has 0 saturated carbocycles. The van der Waals surface area contributed by atoms with Gasteiger partial charge in [0.15, 0.2) is 11.2 Å². The van der Waals surface area contributed by atoms with Crippen LogP contribution in [0, 0.1) is 0 Å². The first-order valence-electron chi connectivity index (χ1n) is 7.47. The van der Waals surface area contributed by atoms with E-state index >= 15 is 0 Å². The number of carbonyl (C=O) groups is 1. The molecule has 1 atom stereocenters. The second-order valence-corrected chi connectivity index (χ2v) is 6.42. The fourth-order valence-corrected chi connectivity index (χ4v) is 3.80. The summed E-state index contributed by atoms with van der Waals surface area (Å²) in [6.07, 6.45) is 3.56. The number of likely N-dealkylation sites (tertiary alicyclic amines) is 1. The second-order valence-electron chi connectivity index (χ2n) is 5.50. The summed E-state index contributed by atoms with van der Waals surface area (Å²) in [6, 6.07) is 8.23. The molecule has 3 aromatic rings. The van der Waals surface area contributed by atoms with Crippen LogP contribution in [0.25, 0.3) is 11.0 Å². The normalized spacial score (nSPS) is 17.7. The van der Waals surface area contributed by atoms with Gasteiger partial charge >= 0.3 is 0 Å². The summed E-state index contributed by atoms with van der Waals surface area (Å²) in [5.74, 6) is -0.150.